The van der Waals surface area contributed by atoms with Crippen LogP contribution >= 0.6 is 15.9 Å². The minimum atomic E-state index is -0.837. The fourth-order valence-corrected chi connectivity index (χ4v) is 5.12. The molecular weight excluding hydrogens is 536 g/mol. The maximum atomic E-state index is 13.3. The second-order valence-corrected chi connectivity index (χ2v) is 11.7. The van der Waals surface area contributed by atoms with Crippen LogP contribution in [0.4, 0.5) is 9.59 Å². The van der Waals surface area contributed by atoms with Crippen LogP contribution in [-0.2, 0) is 16.1 Å². The Hall–Kier alpha value is -2.91. The number of nitrogens with zero attached hydrogens (tertiary/aromatic N) is 2. The summed E-state index contributed by atoms with van der Waals surface area (Å²) in [5.74, 6) is -0.145. The molecule has 0 aromatic heterocycles. The number of likely N-dealkylation sites (tertiary alicyclic amines) is 1. The summed E-state index contributed by atoms with van der Waals surface area (Å²) in [6, 6.07) is 17.0. The van der Waals surface area contributed by atoms with Gasteiger partial charge >= 0.3 is 12.1 Å². The Morgan fingerprint density at radius 3 is 2.35 bits per heavy atom. The zero-order valence-electron chi connectivity index (χ0n) is 21.6. The van der Waals surface area contributed by atoms with E-state index in [0.717, 1.165) is 22.1 Å². The first-order valence-electron chi connectivity index (χ1n) is 12.7. The zero-order valence-corrected chi connectivity index (χ0v) is 23.2. The van der Waals surface area contributed by atoms with E-state index in [1.807, 2.05) is 75.4 Å². The number of carbonyl (C=O) groups is 3. The van der Waals surface area contributed by atoms with Gasteiger partial charge < -0.3 is 20.3 Å². The van der Waals surface area contributed by atoms with Gasteiger partial charge in [0.15, 0.2) is 0 Å². The van der Waals surface area contributed by atoms with E-state index in [0.29, 0.717) is 32.4 Å². The smallest absolute Gasteiger partial charge is 0.408 e. The van der Waals surface area contributed by atoms with Gasteiger partial charge in [0.1, 0.15) is 11.1 Å². The molecule has 198 valence electrons. The quantitative estimate of drug-likeness (QED) is 0.457. The first-order valence-corrected chi connectivity index (χ1v) is 13.5. The van der Waals surface area contributed by atoms with Crippen LogP contribution in [0.5, 0.6) is 0 Å². The van der Waals surface area contributed by atoms with Crippen molar-refractivity contribution in [1.29, 1.82) is 0 Å². The average Bonchev–Trinajstić information content (AvgIpc) is 3.07. The number of rotatable bonds is 7. The molecule has 2 N–H and O–H groups in total. The molecule has 8 nitrogen and oxygen atoms in total. The van der Waals surface area contributed by atoms with Crippen LogP contribution in [0.1, 0.15) is 57.2 Å². The summed E-state index contributed by atoms with van der Waals surface area (Å²) in [6.45, 7) is 7.91. The molecule has 0 bridgehead atoms. The highest BCUT2D eigenvalue weighted by Crippen LogP contribution is 2.31. The number of amides is 4. The van der Waals surface area contributed by atoms with E-state index in [4.69, 9.17) is 4.74 Å². The summed E-state index contributed by atoms with van der Waals surface area (Å²) in [6.07, 6.45) is 1.38. The van der Waals surface area contributed by atoms with Gasteiger partial charge in [0.25, 0.3) is 5.91 Å². The molecule has 2 aromatic rings. The van der Waals surface area contributed by atoms with Crippen molar-refractivity contribution in [3.8, 4) is 0 Å². The van der Waals surface area contributed by atoms with Crippen LogP contribution < -0.4 is 10.6 Å². The summed E-state index contributed by atoms with van der Waals surface area (Å²) in [4.78, 5) is 42.1. The standard InChI is InChI=1S/C28H35BrN4O4/c1-27(2,3)37-26(36)30-23(21-7-5-4-6-8-21)13-16-32-17-14-28(15-18-32)24(34)33(25(35)31-28)19-20-9-11-22(29)12-10-20/h4-12,23H,13-19H2,1-3H3,(H,30,36)(H,31,35)/t23-/m0/s1. The summed E-state index contributed by atoms with van der Waals surface area (Å²) in [5.41, 5.74) is 0.515. The van der Waals surface area contributed by atoms with Gasteiger partial charge in [-0.15, -0.1) is 0 Å². The number of piperidine rings is 1. The second-order valence-electron chi connectivity index (χ2n) is 10.8. The maximum Gasteiger partial charge on any atom is 0.408 e. The van der Waals surface area contributed by atoms with Gasteiger partial charge in [-0.05, 0) is 63.3 Å². The molecule has 4 amide bonds. The minimum Gasteiger partial charge on any atom is -0.444 e. The summed E-state index contributed by atoms with van der Waals surface area (Å²) < 4.78 is 6.43. The molecule has 2 saturated heterocycles. The van der Waals surface area contributed by atoms with Gasteiger partial charge in [-0.2, -0.15) is 0 Å². The van der Waals surface area contributed by atoms with E-state index in [2.05, 4.69) is 31.5 Å². The van der Waals surface area contributed by atoms with Crippen molar-refractivity contribution in [2.75, 3.05) is 19.6 Å². The monoisotopic (exact) mass is 570 g/mol. The molecule has 1 atom stereocenters. The normalized spacial score (nSPS) is 18.5. The van der Waals surface area contributed by atoms with E-state index < -0.39 is 17.2 Å². The van der Waals surface area contributed by atoms with E-state index >= 15 is 0 Å². The highest BCUT2D eigenvalue weighted by Gasteiger charge is 2.52. The topological polar surface area (TPSA) is 91.0 Å². The average molecular weight is 572 g/mol. The molecule has 37 heavy (non-hydrogen) atoms. The first kappa shape index (κ1) is 27.1. The molecule has 2 aliphatic rings. The van der Waals surface area contributed by atoms with Gasteiger partial charge in [0, 0.05) is 24.1 Å². The number of nitrogens with one attached hydrogen (secondary N) is 2. The lowest BCUT2D eigenvalue weighted by molar-refractivity contribution is -0.133. The molecule has 9 heteroatoms. The fraction of sp³-hybridized carbons (Fsp3) is 0.464. The number of imide groups is 1. The van der Waals surface area contributed by atoms with Gasteiger partial charge in [-0.25, -0.2) is 9.59 Å². The first-order chi connectivity index (χ1) is 17.5. The van der Waals surface area contributed by atoms with Gasteiger partial charge in [0.2, 0.25) is 0 Å². The molecule has 1 spiro atoms. The van der Waals surface area contributed by atoms with Crippen molar-refractivity contribution >= 4 is 34.0 Å². The molecule has 2 aliphatic heterocycles. The van der Waals surface area contributed by atoms with Crippen LogP contribution in [0, 0.1) is 0 Å². The third kappa shape index (κ3) is 6.90. The fourth-order valence-electron chi connectivity index (χ4n) is 4.86. The molecule has 0 saturated carbocycles. The lowest BCUT2D eigenvalue weighted by atomic mass is 9.87. The lowest BCUT2D eigenvalue weighted by Crippen LogP contribution is -2.55. The summed E-state index contributed by atoms with van der Waals surface area (Å²) >= 11 is 3.41. The van der Waals surface area contributed by atoms with Crippen molar-refractivity contribution in [2.24, 2.45) is 0 Å². The second kappa shape index (κ2) is 11.2. The number of alkyl carbamates (subject to hydrolysis) is 1. The number of benzene rings is 2. The number of halogens is 1. The van der Waals surface area contributed by atoms with E-state index in [1.54, 1.807) is 0 Å². The molecule has 2 fully saturated rings. The molecule has 2 aromatic carbocycles. The Morgan fingerprint density at radius 1 is 1.08 bits per heavy atom. The number of carbonyl (C=O) groups excluding carboxylic acids is 3. The van der Waals surface area contributed by atoms with Crippen molar-refractivity contribution in [3.05, 3.63) is 70.2 Å². The van der Waals surface area contributed by atoms with Gasteiger partial charge in [-0.1, -0.05) is 58.4 Å². The third-order valence-electron chi connectivity index (χ3n) is 6.84. The Kier molecular flexibility index (Phi) is 8.23. The van der Waals surface area contributed by atoms with Crippen molar-refractivity contribution < 1.29 is 19.1 Å². The van der Waals surface area contributed by atoms with E-state index in [9.17, 15) is 14.4 Å². The lowest BCUT2D eigenvalue weighted by Gasteiger charge is -2.37. The zero-order chi connectivity index (χ0) is 26.6. The van der Waals surface area contributed by atoms with Crippen LogP contribution in [0.15, 0.2) is 59.1 Å². The van der Waals surface area contributed by atoms with Crippen LogP contribution in [-0.4, -0.2) is 58.6 Å². The number of ether oxygens (including phenoxy) is 1. The van der Waals surface area contributed by atoms with Crippen LogP contribution in [0.25, 0.3) is 0 Å². The maximum absolute atomic E-state index is 13.3. The highest BCUT2D eigenvalue weighted by atomic mass is 79.9. The minimum absolute atomic E-state index is 0.145. The highest BCUT2D eigenvalue weighted by molar-refractivity contribution is 9.10. The predicted octanol–water partition coefficient (Wildman–Crippen LogP) is 4.99. The van der Waals surface area contributed by atoms with Crippen LogP contribution in [0.3, 0.4) is 0 Å². The summed E-state index contributed by atoms with van der Waals surface area (Å²) in [5, 5.41) is 6.00. The molecule has 0 radical (unpaired) electrons. The molecule has 0 aliphatic carbocycles. The largest absolute Gasteiger partial charge is 0.444 e. The van der Waals surface area contributed by atoms with Gasteiger partial charge in [0.05, 0.1) is 12.6 Å². The van der Waals surface area contributed by atoms with E-state index in [-0.39, 0.29) is 24.5 Å². The number of hydrogen-bond acceptors (Lipinski definition) is 5. The Morgan fingerprint density at radius 2 is 1.73 bits per heavy atom. The Balaban J connectivity index is 1.34. The molecule has 0 unspecified atom stereocenters. The van der Waals surface area contributed by atoms with Gasteiger partial charge in [-0.3, -0.25) is 9.69 Å². The molecule has 4 rings (SSSR count). The van der Waals surface area contributed by atoms with Crippen molar-refractivity contribution in [3.63, 3.8) is 0 Å². The number of hydrogen-bond donors (Lipinski definition) is 2. The van der Waals surface area contributed by atoms with Crippen molar-refractivity contribution in [1.82, 2.24) is 20.4 Å². The van der Waals surface area contributed by atoms with E-state index in [1.165, 1.54) is 4.90 Å². The Labute approximate surface area is 226 Å². The number of urea groups is 1. The van der Waals surface area contributed by atoms with Crippen molar-refractivity contribution in [2.45, 2.75) is 63.8 Å². The predicted molar refractivity (Wildman–Crippen MR) is 145 cm³/mol. The molecule has 2 heterocycles. The third-order valence-corrected chi connectivity index (χ3v) is 7.37. The Bertz CT molecular complexity index is 1110. The SMILES string of the molecule is CC(C)(C)OC(=O)N[C@@H](CCN1CCC2(CC1)NC(=O)N(Cc1ccc(Br)cc1)C2=O)c1ccccc1. The van der Waals surface area contributed by atoms with Crippen LogP contribution in [0.2, 0.25) is 0 Å². The summed E-state index contributed by atoms with van der Waals surface area (Å²) in [7, 11) is 0. The molecular formula is C28H35BrN4O4.